The van der Waals surface area contributed by atoms with Crippen LogP contribution >= 0.6 is 11.6 Å². The Morgan fingerprint density at radius 3 is 2.55 bits per heavy atom. The Morgan fingerprint density at radius 1 is 1.25 bits per heavy atom. The lowest BCUT2D eigenvalue weighted by molar-refractivity contribution is 0.0785. The molecule has 0 aliphatic heterocycles. The SMILES string of the molecule is CN(Cc1ccc(Cl)cc1)C(=O)c1cccc(F)c1N. The van der Waals surface area contributed by atoms with Gasteiger partial charge in [-0.15, -0.1) is 0 Å². The van der Waals surface area contributed by atoms with Crippen molar-refractivity contribution >= 4 is 23.2 Å². The number of amides is 1. The van der Waals surface area contributed by atoms with Gasteiger partial charge in [0, 0.05) is 18.6 Å². The van der Waals surface area contributed by atoms with Crippen molar-refractivity contribution in [3.63, 3.8) is 0 Å². The third kappa shape index (κ3) is 3.08. The van der Waals surface area contributed by atoms with Crippen molar-refractivity contribution in [1.29, 1.82) is 0 Å². The minimum absolute atomic E-state index is 0.125. The fourth-order valence-electron chi connectivity index (χ4n) is 1.86. The number of carbonyl (C=O) groups excluding carboxylic acids is 1. The molecule has 20 heavy (non-hydrogen) atoms. The maximum atomic E-state index is 13.4. The van der Waals surface area contributed by atoms with Gasteiger partial charge in [0.05, 0.1) is 11.3 Å². The number of rotatable bonds is 3. The molecule has 104 valence electrons. The molecule has 0 saturated carbocycles. The van der Waals surface area contributed by atoms with Crippen LogP contribution in [0.2, 0.25) is 5.02 Å². The zero-order chi connectivity index (χ0) is 14.7. The lowest BCUT2D eigenvalue weighted by Crippen LogP contribution is -2.27. The molecule has 0 spiro atoms. The monoisotopic (exact) mass is 292 g/mol. The number of hydrogen-bond acceptors (Lipinski definition) is 2. The van der Waals surface area contributed by atoms with Crippen LogP contribution in [0.1, 0.15) is 15.9 Å². The summed E-state index contributed by atoms with van der Waals surface area (Å²) >= 11 is 5.81. The number of nitrogen functional groups attached to an aromatic ring is 1. The topological polar surface area (TPSA) is 46.3 Å². The number of hydrogen-bond donors (Lipinski definition) is 1. The van der Waals surface area contributed by atoms with E-state index in [9.17, 15) is 9.18 Å². The molecule has 0 radical (unpaired) electrons. The maximum absolute atomic E-state index is 13.4. The molecular formula is C15H14ClFN2O. The highest BCUT2D eigenvalue weighted by Crippen LogP contribution is 2.18. The van der Waals surface area contributed by atoms with Gasteiger partial charge >= 0.3 is 0 Å². The molecule has 2 rings (SSSR count). The average molecular weight is 293 g/mol. The van der Waals surface area contributed by atoms with Gasteiger partial charge in [0.1, 0.15) is 5.82 Å². The molecule has 0 aliphatic carbocycles. The summed E-state index contributed by atoms with van der Waals surface area (Å²) in [7, 11) is 1.64. The van der Waals surface area contributed by atoms with E-state index in [0.717, 1.165) is 5.56 Å². The number of nitrogens with zero attached hydrogens (tertiary/aromatic N) is 1. The lowest BCUT2D eigenvalue weighted by Gasteiger charge is -2.18. The third-order valence-corrected chi connectivity index (χ3v) is 3.22. The molecule has 3 nitrogen and oxygen atoms in total. The normalized spacial score (nSPS) is 10.3. The van der Waals surface area contributed by atoms with Gasteiger partial charge in [-0.25, -0.2) is 4.39 Å². The molecule has 0 aromatic heterocycles. The molecule has 5 heteroatoms. The first kappa shape index (κ1) is 14.3. The van der Waals surface area contributed by atoms with Crippen molar-refractivity contribution in [2.24, 2.45) is 0 Å². The first-order chi connectivity index (χ1) is 9.49. The summed E-state index contributed by atoms with van der Waals surface area (Å²) in [6, 6.07) is 11.4. The van der Waals surface area contributed by atoms with Gasteiger partial charge in [-0.1, -0.05) is 29.8 Å². The summed E-state index contributed by atoms with van der Waals surface area (Å²) in [6.07, 6.45) is 0. The van der Waals surface area contributed by atoms with Crippen LogP contribution in [-0.2, 0) is 6.54 Å². The molecule has 1 amide bonds. The van der Waals surface area contributed by atoms with Crippen molar-refractivity contribution < 1.29 is 9.18 Å². The Hall–Kier alpha value is -2.07. The van der Waals surface area contributed by atoms with E-state index in [4.69, 9.17) is 17.3 Å². The number of para-hydroxylation sites is 1. The smallest absolute Gasteiger partial charge is 0.256 e. The Balaban J connectivity index is 2.16. The van der Waals surface area contributed by atoms with Gasteiger partial charge in [-0.2, -0.15) is 0 Å². The number of benzene rings is 2. The predicted octanol–water partition coefficient (Wildman–Crippen LogP) is 3.33. The van der Waals surface area contributed by atoms with Gasteiger partial charge in [0.25, 0.3) is 5.91 Å². The molecule has 0 unspecified atom stereocenters. The number of halogens is 2. The van der Waals surface area contributed by atoms with Crippen LogP contribution < -0.4 is 5.73 Å². The quantitative estimate of drug-likeness (QED) is 0.882. The van der Waals surface area contributed by atoms with Crippen molar-refractivity contribution in [3.05, 3.63) is 64.4 Å². The number of anilines is 1. The fraction of sp³-hybridized carbons (Fsp3) is 0.133. The molecule has 2 aromatic carbocycles. The molecule has 0 fully saturated rings. The summed E-state index contributed by atoms with van der Waals surface area (Å²) < 4.78 is 13.4. The second-order valence-electron chi connectivity index (χ2n) is 4.49. The van der Waals surface area contributed by atoms with Crippen molar-refractivity contribution in [1.82, 2.24) is 4.90 Å². The van der Waals surface area contributed by atoms with Gasteiger partial charge in [-0.05, 0) is 29.8 Å². The van der Waals surface area contributed by atoms with Crippen LogP contribution in [0.25, 0.3) is 0 Å². The van der Waals surface area contributed by atoms with Gasteiger partial charge in [0.2, 0.25) is 0 Å². The molecule has 2 aromatic rings. The summed E-state index contributed by atoms with van der Waals surface area (Å²) in [4.78, 5) is 13.7. The highest BCUT2D eigenvalue weighted by Gasteiger charge is 2.16. The van der Waals surface area contributed by atoms with Crippen molar-refractivity contribution in [2.45, 2.75) is 6.54 Å². The van der Waals surface area contributed by atoms with E-state index in [1.54, 1.807) is 19.2 Å². The van der Waals surface area contributed by atoms with Crippen LogP contribution in [0.4, 0.5) is 10.1 Å². The van der Waals surface area contributed by atoms with Crippen LogP contribution in [0.3, 0.4) is 0 Å². The largest absolute Gasteiger partial charge is 0.396 e. The fourth-order valence-corrected chi connectivity index (χ4v) is 1.99. The second kappa shape index (κ2) is 5.92. The number of nitrogens with two attached hydrogens (primary N) is 1. The Labute approximate surface area is 121 Å². The lowest BCUT2D eigenvalue weighted by atomic mass is 10.1. The maximum Gasteiger partial charge on any atom is 0.256 e. The van der Waals surface area contributed by atoms with Crippen LogP contribution in [0, 0.1) is 5.82 Å². The van der Waals surface area contributed by atoms with Gasteiger partial charge in [0.15, 0.2) is 0 Å². The minimum atomic E-state index is -0.587. The summed E-state index contributed by atoms with van der Waals surface area (Å²) in [5.41, 5.74) is 6.57. The van der Waals surface area contributed by atoms with E-state index in [1.807, 2.05) is 12.1 Å². The summed E-state index contributed by atoms with van der Waals surface area (Å²) in [5.74, 6) is -0.910. The zero-order valence-corrected chi connectivity index (χ0v) is 11.7. The molecular weight excluding hydrogens is 279 g/mol. The summed E-state index contributed by atoms with van der Waals surface area (Å²) in [6.45, 7) is 0.395. The van der Waals surface area contributed by atoms with E-state index >= 15 is 0 Å². The molecule has 0 saturated heterocycles. The second-order valence-corrected chi connectivity index (χ2v) is 4.93. The van der Waals surface area contributed by atoms with Crippen molar-refractivity contribution in [3.8, 4) is 0 Å². The minimum Gasteiger partial charge on any atom is -0.396 e. The Morgan fingerprint density at radius 2 is 1.90 bits per heavy atom. The van der Waals surface area contributed by atoms with E-state index < -0.39 is 5.82 Å². The first-order valence-electron chi connectivity index (χ1n) is 6.03. The third-order valence-electron chi connectivity index (χ3n) is 2.96. The standard InChI is InChI=1S/C15H14ClFN2O/c1-19(9-10-5-7-11(16)8-6-10)15(20)12-3-2-4-13(17)14(12)18/h2-8H,9,18H2,1H3. The zero-order valence-electron chi connectivity index (χ0n) is 10.9. The van der Waals surface area contributed by atoms with Crippen LogP contribution in [-0.4, -0.2) is 17.9 Å². The van der Waals surface area contributed by atoms with E-state index in [-0.39, 0.29) is 17.2 Å². The number of carbonyl (C=O) groups is 1. The molecule has 0 aliphatic rings. The van der Waals surface area contributed by atoms with E-state index in [1.165, 1.54) is 23.1 Å². The Kier molecular flexibility index (Phi) is 4.25. The average Bonchev–Trinajstić information content (AvgIpc) is 2.43. The molecule has 0 heterocycles. The summed E-state index contributed by atoms with van der Waals surface area (Å²) in [5, 5.41) is 0.636. The predicted molar refractivity (Wildman–Crippen MR) is 78.1 cm³/mol. The van der Waals surface area contributed by atoms with Crippen molar-refractivity contribution in [2.75, 3.05) is 12.8 Å². The van der Waals surface area contributed by atoms with Gasteiger partial charge in [-0.3, -0.25) is 4.79 Å². The van der Waals surface area contributed by atoms with E-state index in [2.05, 4.69) is 0 Å². The first-order valence-corrected chi connectivity index (χ1v) is 6.40. The van der Waals surface area contributed by atoms with Gasteiger partial charge < -0.3 is 10.6 Å². The Bertz CT molecular complexity index is 628. The highest BCUT2D eigenvalue weighted by molar-refractivity contribution is 6.30. The van der Waals surface area contributed by atoms with E-state index in [0.29, 0.717) is 11.6 Å². The molecule has 0 atom stereocenters. The molecule has 2 N–H and O–H groups in total. The van der Waals surface area contributed by atoms with Crippen LogP contribution in [0.15, 0.2) is 42.5 Å². The van der Waals surface area contributed by atoms with Crippen LogP contribution in [0.5, 0.6) is 0 Å². The highest BCUT2D eigenvalue weighted by atomic mass is 35.5. The molecule has 0 bridgehead atoms.